The van der Waals surface area contributed by atoms with Gasteiger partial charge in [0.25, 0.3) is 0 Å². The summed E-state index contributed by atoms with van der Waals surface area (Å²) in [5.41, 5.74) is 2.89. The van der Waals surface area contributed by atoms with Crippen LogP contribution in [0.2, 0.25) is 0 Å². The number of hydrogen-bond acceptors (Lipinski definition) is 6. The molecule has 0 radical (unpaired) electrons. The molecule has 1 aromatic heterocycles. The Labute approximate surface area is 203 Å². The lowest BCUT2D eigenvalue weighted by Gasteiger charge is -2.28. The van der Waals surface area contributed by atoms with Gasteiger partial charge in [0.2, 0.25) is 16.0 Å². The number of anilines is 2. The zero-order valence-electron chi connectivity index (χ0n) is 20.3. The van der Waals surface area contributed by atoms with Crippen molar-refractivity contribution in [2.75, 3.05) is 37.4 Å². The van der Waals surface area contributed by atoms with E-state index in [9.17, 15) is 8.42 Å². The summed E-state index contributed by atoms with van der Waals surface area (Å²) in [7, 11) is 0.671. The van der Waals surface area contributed by atoms with Crippen LogP contribution in [0.3, 0.4) is 0 Å². The summed E-state index contributed by atoms with van der Waals surface area (Å²) < 4.78 is 27.8. The highest BCUT2D eigenvalue weighted by Crippen LogP contribution is 2.29. The van der Waals surface area contributed by atoms with Gasteiger partial charge in [0.05, 0.1) is 11.3 Å². The average molecular weight is 482 g/mol. The molecule has 2 aromatic carbocycles. The molecule has 1 fully saturated rings. The van der Waals surface area contributed by atoms with Crippen LogP contribution in [0.1, 0.15) is 36.8 Å². The highest BCUT2D eigenvalue weighted by molar-refractivity contribution is 7.88. The maximum Gasteiger partial charge on any atom is 0.225 e. The Kier molecular flexibility index (Phi) is 7.68. The normalized spacial score (nSPS) is 18.7. The van der Waals surface area contributed by atoms with Crippen LogP contribution in [0.5, 0.6) is 0 Å². The molecule has 0 saturated heterocycles. The molecule has 34 heavy (non-hydrogen) atoms. The van der Waals surface area contributed by atoms with Crippen molar-refractivity contribution < 1.29 is 8.42 Å². The van der Waals surface area contributed by atoms with E-state index in [4.69, 9.17) is 4.98 Å². The summed E-state index contributed by atoms with van der Waals surface area (Å²) in [6, 6.07) is 15.7. The Morgan fingerprint density at radius 3 is 2.24 bits per heavy atom. The number of nitrogens with one attached hydrogen (secondary N) is 2. The summed E-state index contributed by atoms with van der Waals surface area (Å²) in [5, 5.41) is 4.49. The number of sulfonamides is 1. The van der Waals surface area contributed by atoms with Crippen LogP contribution in [0.25, 0.3) is 10.9 Å². The molecule has 7 nitrogen and oxygen atoms in total. The molecule has 3 aromatic rings. The minimum atomic E-state index is -3.32. The molecule has 0 atom stereocenters. The molecule has 8 heteroatoms. The second-order valence-electron chi connectivity index (χ2n) is 9.64. The van der Waals surface area contributed by atoms with Gasteiger partial charge in [-0.05, 0) is 62.1 Å². The van der Waals surface area contributed by atoms with Gasteiger partial charge in [0, 0.05) is 32.6 Å². The zero-order chi connectivity index (χ0) is 24.1. The third-order valence-electron chi connectivity index (χ3n) is 6.59. The number of fused-ring (bicyclic) bond motifs is 1. The van der Waals surface area contributed by atoms with Gasteiger partial charge in [0.1, 0.15) is 5.82 Å². The highest BCUT2D eigenvalue weighted by Gasteiger charge is 2.23. The second-order valence-corrected chi connectivity index (χ2v) is 11.5. The van der Waals surface area contributed by atoms with Crippen LogP contribution in [-0.2, 0) is 15.8 Å². The number of rotatable bonds is 9. The second kappa shape index (κ2) is 10.7. The van der Waals surface area contributed by atoms with Gasteiger partial charge < -0.3 is 10.2 Å². The van der Waals surface area contributed by atoms with Gasteiger partial charge in [0.15, 0.2) is 0 Å². The van der Waals surface area contributed by atoms with Crippen molar-refractivity contribution in [2.24, 2.45) is 11.8 Å². The molecule has 0 bridgehead atoms. The molecular formula is C26H35N5O2S. The topological polar surface area (TPSA) is 87.2 Å². The lowest BCUT2D eigenvalue weighted by molar-refractivity contribution is 0.284. The third kappa shape index (κ3) is 6.45. The zero-order valence-corrected chi connectivity index (χ0v) is 21.1. The molecule has 1 aliphatic carbocycles. The van der Waals surface area contributed by atoms with Gasteiger partial charge in [-0.1, -0.05) is 42.0 Å². The molecule has 2 N–H and O–H groups in total. The number of nitrogens with zero attached hydrogens (tertiary/aromatic N) is 3. The van der Waals surface area contributed by atoms with Crippen molar-refractivity contribution >= 4 is 32.7 Å². The molecule has 1 aliphatic rings. The summed E-state index contributed by atoms with van der Waals surface area (Å²) in [6.45, 7) is 3.35. The molecule has 0 spiro atoms. The molecule has 1 heterocycles. The summed E-state index contributed by atoms with van der Waals surface area (Å²) in [5.74, 6) is 2.54. The largest absolute Gasteiger partial charge is 0.362 e. The third-order valence-corrected chi connectivity index (χ3v) is 7.91. The van der Waals surface area contributed by atoms with E-state index < -0.39 is 10.0 Å². The van der Waals surface area contributed by atoms with Crippen LogP contribution in [0.4, 0.5) is 11.8 Å². The fourth-order valence-corrected chi connectivity index (χ4v) is 5.78. The standard InChI is InChI=1S/C26H35N5O2S/c1-19-8-10-22(11-9-19)18-34(32,33)28-17-21-14-12-20(13-15-21)16-27-26-29-24-7-5-4-6-23(24)25(30-26)31(2)3/h4-11,20-21,28H,12-18H2,1-3H3,(H,27,29,30). The van der Waals surface area contributed by atoms with E-state index in [0.29, 0.717) is 24.3 Å². The van der Waals surface area contributed by atoms with E-state index in [1.807, 2.05) is 74.4 Å². The smallest absolute Gasteiger partial charge is 0.225 e. The van der Waals surface area contributed by atoms with E-state index >= 15 is 0 Å². The minimum Gasteiger partial charge on any atom is -0.362 e. The molecule has 4 rings (SSSR count). The van der Waals surface area contributed by atoms with E-state index in [2.05, 4.69) is 15.0 Å². The fourth-order valence-electron chi connectivity index (χ4n) is 4.55. The SMILES string of the molecule is Cc1ccc(CS(=O)(=O)NCC2CCC(CNc3nc(N(C)C)c4ccccc4n3)CC2)cc1. The highest BCUT2D eigenvalue weighted by atomic mass is 32.2. The van der Waals surface area contributed by atoms with Crippen LogP contribution < -0.4 is 14.9 Å². The van der Waals surface area contributed by atoms with Gasteiger partial charge >= 0.3 is 0 Å². The average Bonchev–Trinajstić information content (AvgIpc) is 2.83. The van der Waals surface area contributed by atoms with E-state index in [0.717, 1.165) is 60.1 Å². The van der Waals surface area contributed by atoms with E-state index in [1.165, 1.54) is 0 Å². The van der Waals surface area contributed by atoms with Crippen molar-refractivity contribution in [1.29, 1.82) is 0 Å². The Bertz CT molecular complexity index is 1200. The first-order valence-corrected chi connectivity index (χ1v) is 13.6. The number of hydrogen-bond donors (Lipinski definition) is 2. The van der Waals surface area contributed by atoms with E-state index in [-0.39, 0.29) is 5.75 Å². The first kappa shape index (κ1) is 24.4. The molecule has 0 amide bonds. The monoisotopic (exact) mass is 481 g/mol. The van der Waals surface area contributed by atoms with Crippen LogP contribution in [-0.4, -0.2) is 45.6 Å². The Morgan fingerprint density at radius 1 is 0.912 bits per heavy atom. The number of benzene rings is 2. The van der Waals surface area contributed by atoms with Crippen LogP contribution in [0.15, 0.2) is 48.5 Å². The Hall–Kier alpha value is -2.71. The van der Waals surface area contributed by atoms with Gasteiger partial charge in [-0.2, -0.15) is 4.98 Å². The lowest BCUT2D eigenvalue weighted by Crippen LogP contribution is -2.33. The molecular weight excluding hydrogens is 446 g/mol. The molecule has 0 unspecified atom stereocenters. The Morgan fingerprint density at radius 2 is 1.56 bits per heavy atom. The minimum absolute atomic E-state index is 0.0350. The maximum atomic E-state index is 12.5. The quantitative estimate of drug-likeness (QED) is 0.473. The van der Waals surface area contributed by atoms with Gasteiger partial charge in [-0.3, -0.25) is 0 Å². The van der Waals surface area contributed by atoms with Crippen LogP contribution >= 0.6 is 0 Å². The predicted octanol–water partition coefficient (Wildman–Crippen LogP) is 4.34. The molecule has 182 valence electrons. The first-order chi connectivity index (χ1) is 16.3. The summed E-state index contributed by atoms with van der Waals surface area (Å²) in [6.07, 6.45) is 4.21. The van der Waals surface area contributed by atoms with Gasteiger partial charge in [-0.15, -0.1) is 0 Å². The van der Waals surface area contributed by atoms with Crippen molar-refractivity contribution in [3.05, 3.63) is 59.7 Å². The van der Waals surface area contributed by atoms with Crippen molar-refractivity contribution in [1.82, 2.24) is 14.7 Å². The van der Waals surface area contributed by atoms with Crippen molar-refractivity contribution in [2.45, 2.75) is 38.4 Å². The lowest BCUT2D eigenvalue weighted by atomic mass is 9.82. The number of aryl methyl sites for hydroxylation is 1. The molecule has 1 saturated carbocycles. The van der Waals surface area contributed by atoms with Gasteiger partial charge in [-0.25, -0.2) is 18.1 Å². The van der Waals surface area contributed by atoms with Crippen molar-refractivity contribution in [3.8, 4) is 0 Å². The summed E-state index contributed by atoms with van der Waals surface area (Å²) in [4.78, 5) is 11.4. The van der Waals surface area contributed by atoms with E-state index in [1.54, 1.807) is 0 Å². The Balaban J connectivity index is 1.25. The predicted molar refractivity (Wildman–Crippen MR) is 140 cm³/mol. The first-order valence-electron chi connectivity index (χ1n) is 12.0. The molecule has 0 aliphatic heterocycles. The number of aromatic nitrogens is 2. The fraction of sp³-hybridized carbons (Fsp3) is 0.462. The van der Waals surface area contributed by atoms with Crippen LogP contribution in [0, 0.1) is 18.8 Å². The van der Waals surface area contributed by atoms with Crippen molar-refractivity contribution in [3.63, 3.8) is 0 Å². The summed E-state index contributed by atoms with van der Waals surface area (Å²) >= 11 is 0. The number of para-hydroxylation sites is 1. The maximum absolute atomic E-state index is 12.5.